The second-order valence-electron chi connectivity index (χ2n) is 5.68. The molecule has 0 saturated carbocycles. The van der Waals surface area contributed by atoms with E-state index in [-0.39, 0.29) is 42.1 Å². The fraction of sp³-hybridized carbons (Fsp3) is 0.312. The van der Waals surface area contributed by atoms with Crippen LogP contribution in [0.5, 0.6) is 5.75 Å². The van der Waals surface area contributed by atoms with Crippen molar-refractivity contribution in [3.05, 3.63) is 45.1 Å². The van der Waals surface area contributed by atoms with E-state index in [0.29, 0.717) is 23.6 Å². The SMILES string of the molecule is C=CCN1C(=O)COc2cc(F)c(N=c3sc(=O)n4n3CCOC4)cc21. The normalized spacial score (nSPS) is 16.9. The predicted octanol–water partition coefficient (Wildman–Crippen LogP) is 0.982. The molecule has 0 fully saturated rings. The third-order valence-corrected chi connectivity index (χ3v) is 4.93. The highest BCUT2D eigenvalue weighted by Gasteiger charge is 2.26. The molecule has 0 bridgehead atoms. The summed E-state index contributed by atoms with van der Waals surface area (Å²) in [6.07, 6.45) is 1.58. The fourth-order valence-corrected chi connectivity index (χ4v) is 3.69. The zero-order valence-electron chi connectivity index (χ0n) is 13.7. The van der Waals surface area contributed by atoms with Crippen molar-refractivity contribution in [1.82, 2.24) is 9.36 Å². The van der Waals surface area contributed by atoms with Gasteiger partial charge in [-0.3, -0.25) is 14.3 Å². The number of hydrogen-bond acceptors (Lipinski definition) is 6. The summed E-state index contributed by atoms with van der Waals surface area (Å²) in [6, 6.07) is 2.65. The van der Waals surface area contributed by atoms with Crippen LogP contribution in [0, 0.1) is 5.82 Å². The Labute approximate surface area is 151 Å². The van der Waals surface area contributed by atoms with Gasteiger partial charge in [0.05, 0.1) is 18.8 Å². The first-order valence-corrected chi connectivity index (χ1v) is 8.71. The van der Waals surface area contributed by atoms with Gasteiger partial charge in [-0.1, -0.05) is 6.08 Å². The highest BCUT2D eigenvalue weighted by Crippen LogP contribution is 2.37. The number of benzene rings is 1. The van der Waals surface area contributed by atoms with Crippen LogP contribution in [0.1, 0.15) is 0 Å². The van der Waals surface area contributed by atoms with Crippen molar-refractivity contribution in [1.29, 1.82) is 0 Å². The Morgan fingerprint density at radius 1 is 1.35 bits per heavy atom. The van der Waals surface area contributed by atoms with E-state index in [0.717, 1.165) is 11.3 Å². The summed E-state index contributed by atoms with van der Waals surface area (Å²) in [5, 5.41) is 0. The lowest BCUT2D eigenvalue weighted by Gasteiger charge is -2.28. The molecule has 0 radical (unpaired) electrons. The van der Waals surface area contributed by atoms with E-state index in [2.05, 4.69) is 11.6 Å². The average Bonchev–Trinajstić information content (AvgIpc) is 2.95. The predicted molar refractivity (Wildman–Crippen MR) is 92.2 cm³/mol. The van der Waals surface area contributed by atoms with Gasteiger partial charge in [0.1, 0.15) is 18.2 Å². The van der Waals surface area contributed by atoms with Crippen LogP contribution in [0.4, 0.5) is 15.8 Å². The van der Waals surface area contributed by atoms with Crippen molar-refractivity contribution >= 4 is 28.6 Å². The Bertz CT molecular complexity index is 1020. The van der Waals surface area contributed by atoms with Gasteiger partial charge < -0.3 is 14.4 Å². The van der Waals surface area contributed by atoms with Crippen LogP contribution in [0.25, 0.3) is 0 Å². The van der Waals surface area contributed by atoms with Gasteiger partial charge in [0.15, 0.2) is 12.4 Å². The fourth-order valence-electron chi connectivity index (χ4n) is 2.84. The van der Waals surface area contributed by atoms with E-state index in [1.807, 2.05) is 0 Å². The molecular weight excluding hydrogens is 363 g/mol. The monoisotopic (exact) mass is 378 g/mol. The lowest BCUT2D eigenvalue weighted by atomic mass is 10.2. The molecule has 10 heteroatoms. The molecule has 0 N–H and O–H groups in total. The van der Waals surface area contributed by atoms with Crippen LogP contribution in [-0.4, -0.2) is 35.0 Å². The molecule has 0 saturated heterocycles. The Kier molecular flexibility index (Phi) is 4.21. The number of halogens is 1. The zero-order valence-corrected chi connectivity index (χ0v) is 14.5. The standard InChI is InChI=1S/C16H15FN4O4S/c1-2-3-19-12-7-11(10(17)6-13(12)25-8-14(19)22)18-15-20-4-5-24-9-21(20)16(23)26-15/h2,6-7H,1,3-5,8-9H2. The Morgan fingerprint density at radius 2 is 2.19 bits per heavy atom. The van der Waals surface area contributed by atoms with Crippen molar-refractivity contribution in [2.24, 2.45) is 4.99 Å². The van der Waals surface area contributed by atoms with E-state index < -0.39 is 5.82 Å². The van der Waals surface area contributed by atoms with Crippen LogP contribution in [0.3, 0.4) is 0 Å². The molecule has 0 spiro atoms. The lowest BCUT2D eigenvalue weighted by Crippen LogP contribution is -2.38. The summed E-state index contributed by atoms with van der Waals surface area (Å²) < 4.78 is 28.1. The molecule has 0 unspecified atom stereocenters. The van der Waals surface area contributed by atoms with Crippen molar-refractivity contribution in [2.45, 2.75) is 13.3 Å². The van der Waals surface area contributed by atoms with Crippen molar-refractivity contribution < 1.29 is 18.7 Å². The molecule has 2 aliphatic rings. The summed E-state index contributed by atoms with van der Waals surface area (Å²) in [4.78, 5) is 30.0. The maximum atomic E-state index is 14.5. The van der Waals surface area contributed by atoms with Gasteiger partial charge in [-0.15, -0.1) is 6.58 Å². The summed E-state index contributed by atoms with van der Waals surface area (Å²) in [7, 11) is 0. The van der Waals surface area contributed by atoms with Crippen LogP contribution < -0.4 is 19.3 Å². The second kappa shape index (κ2) is 6.54. The summed E-state index contributed by atoms with van der Waals surface area (Å²) >= 11 is 0.912. The minimum absolute atomic E-state index is 0.0276. The number of hydrogen-bond donors (Lipinski definition) is 0. The van der Waals surface area contributed by atoms with E-state index in [1.54, 1.807) is 10.8 Å². The maximum absolute atomic E-state index is 14.5. The molecule has 4 rings (SSSR count). The molecule has 2 aliphatic heterocycles. The molecule has 136 valence electrons. The maximum Gasteiger partial charge on any atom is 0.327 e. The molecule has 2 aromatic rings. The van der Waals surface area contributed by atoms with Crippen molar-refractivity contribution in [3.8, 4) is 5.75 Å². The molecule has 1 aromatic carbocycles. The Hall–Kier alpha value is -2.72. The highest BCUT2D eigenvalue weighted by molar-refractivity contribution is 7.06. The quantitative estimate of drug-likeness (QED) is 0.746. The van der Waals surface area contributed by atoms with E-state index in [4.69, 9.17) is 9.47 Å². The number of carbonyl (C=O) groups excluding carboxylic acids is 1. The molecule has 0 atom stereocenters. The smallest absolute Gasteiger partial charge is 0.327 e. The first kappa shape index (κ1) is 16.7. The molecular formula is C16H15FN4O4S. The number of anilines is 1. The lowest BCUT2D eigenvalue weighted by molar-refractivity contribution is -0.121. The molecule has 0 aliphatic carbocycles. The van der Waals surface area contributed by atoms with Gasteiger partial charge in [0, 0.05) is 12.6 Å². The number of nitrogens with zero attached hydrogens (tertiary/aromatic N) is 4. The molecule has 26 heavy (non-hydrogen) atoms. The number of amides is 1. The molecule has 1 amide bonds. The molecule has 1 aromatic heterocycles. The van der Waals surface area contributed by atoms with Gasteiger partial charge >= 0.3 is 4.87 Å². The van der Waals surface area contributed by atoms with Gasteiger partial charge in [-0.05, 0) is 17.4 Å². The van der Waals surface area contributed by atoms with Gasteiger partial charge in [0.2, 0.25) is 4.80 Å². The molecule has 8 nitrogen and oxygen atoms in total. The van der Waals surface area contributed by atoms with Crippen LogP contribution in [-0.2, 0) is 22.8 Å². The van der Waals surface area contributed by atoms with E-state index in [1.165, 1.54) is 21.7 Å². The minimum Gasteiger partial charge on any atom is -0.481 e. The van der Waals surface area contributed by atoms with Crippen LogP contribution in [0.15, 0.2) is 34.6 Å². The third kappa shape index (κ3) is 2.76. The second-order valence-corrected chi connectivity index (χ2v) is 6.59. The number of rotatable bonds is 3. The summed E-state index contributed by atoms with van der Waals surface area (Å²) in [6.45, 7) is 4.81. The summed E-state index contributed by atoms with van der Waals surface area (Å²) in [5.74, 6) is -0.563. The summed E-state index contributed by atoms with van der Waals surface area (Å²) in [5.41, 5.74) is 0.454. The molecule has 3 heterocycles. The topological polar surface area (TPSA) is 78.1 Å². The Morgan fingerprint density at radius 3 is 3.00 bits per heavy atom. The number of carbonyl (C=O) groups is 1. The first-order chi connectivity index (χ1) is 12.6. The third-order valence-electron chi connectivity index (χ3n) is 4.06. The zero-order chi connectivity index (χ0) is 18.3. The number of aromatic nitrogens is 2. The largest absolute Gasteiger partial charge is 0.481 e. The Balaban J connectivity index is 1.85. The number of ether oxygens (including phenoxy) is 2. The van der Waals surface area contributed by atoms with Gasteiger partial charge in [0.25, 0.3) is 5.91 Å². The van der Waals surface area contributed by atoms with Gasteiger partial charge in [-0.25, -0.2) is 14.1 Å². The average molecular weight is 378 g/mol. The highest BCUT2D eigenvalue weighted by atomic mass is 32.1. The first-order valence-electron chi connectivity index (χ1n) is 7.89. The van der Waals surface area contributed by atoms with Crippen molar-refractivity contribution in [3.63, 3.8) is 0 Å². The van der Waals surface area contributed by atoms with E-state index >= 15 is 0 Å². The van der Waals surface area contributed by atoms with Crippen LogP contribution in [0.2, 0.25) is 0 Å². The van der Waals surface area contributed by atoms with Crippen molar-refractivity contribution in [2.75, 3.05) is 24.7 Å². The number of fused-ring (bicyclic) bond motifs is 2. The van der Waals surface area contributed by atoms with Crippen LogP contribution >= 0.6 is 11.3 Å². The van der Waals surface area contributed by atoms with Gasteiger partial charge in [-0.2, -0.15) is 0 Å². The minimum atomic E-state index is -0.594. The van der Waals surface area contributed by atoms with E-state index in [9.17, 15) is 14.0 Å².